The molecule has 0 aromatic heterocycles. The van der Waals surface area contributed by atoms with Crippen LogP contribution in [0.4, 0.5) is 0 Å². The van der Waals surface area contributed by atoms with Crippen LogP contribution in [0.25, 0.3) is 0 Å². The Hall–Kier alpha value is 0.827. The first-order chi connectivity index (χ1) is 13.5. The fourth-order valence-corrected chi connectivity index (χ4v) is 5.64. The lowest BCUT2D eigenvalue weighted by Crippen LogP contribution is -3.00. The van der Waals surface area contributed by atoms with E-state index in [1.807, 2.05) is 0 Å². The van der Waals surface area contributed by atoms with E-state index >= 15 is 0 Å². The summed E-state index contributed by atoms with van der Waals surface area (Å²) in [5, 5.41) is 0. The number of hydrogen-bond donors (Lipinski definition) is 0. The Morgan fingerprint density at radius 2 is 1.03 bits per heavy atom. The molecule has 5 heteroatoms. The first-order valence-corrected chi connectivity index (χ1v) is 14.0. The fraction of sp³-hybridized carbons (Fsp3) is 1.00. The fourth-order valence-electron chi connectivity index (χ4n) is 4.10. The minimum absolute atomic E-state index is 0. The molecule has 0 saturated heterocycles. The van der Waals surface area contributed by atoms with Gasteiger partial charge in [0, 0.05) is 26.2 Å². The third-order valence-corrected chi connectivity index (χ3v) is 8.43. The Morgan fingerprint density at radius 3 is 1.41 bits per heavy atom. The van der Waals surface area contributed by atoms with Gasteiger partial charge in [-0.1, -0.05) is 90.9 Å². The largest absolute Gasteiger partial charge is 1.00 e. The van der Waals surface area contributed by atoms with Gasteiger partial charge in [0.25, 0.3) is 0 Å². The molecule has 0 aromatic carbocycles. The van der Waals surface area contributed by atoms with Crippen LogP contribution in [0.15, 0.2) is 0 Å². The van der Waals surface area contributed by atoms with E-state index in [-0.39, 0.29) is 24.0 Å². The monoisotopic (exact) mass is 543 g/mol. The lowest BCUT2D eigenvalue weighted by Gasteiger charge is -2.31. The zero-order valence-corrected chi connectivity index (χ0v) is 24.1. The molecule has 0 bridgehead atoms. The van der Waals surface area contributed by atoms with Gasteiger partial charge in [0.1, 0.15) is 0 Å². The normalized spacial score (nSPS) is 12.9. The van der Waals surface area contributed by atoms with E-state index in [1.165, 1.54) is 109 Å². The summed E-state index contributed by atoms with van der Waals surface area (Å²) in [4.78, 5) is 0. The molecule has 0 spiro atoms. The van der Waals surface area contributed by atoms with Crippen molar-refractivity contribution < 1.29 is 37.3 Å². The van der Waals surface area contributed by atoms with Crippen LogP contribution in [0.2, 0.25) is 5.54 Å². The van der Waals surface area contributed by atoms with E-state index in [1.54, 1.807) is 14.2 Å². The summed E-state index contributed by atoms with van der Waals surface area (Å²) in [6.45, 7) is 7.12. The lowest BCUT2D eigenvalue weighted by molar-refractivity contribution is -0.890. The number of halogens is 1. The number of quaternary nitrogens is 1. The molecule has 0 aromatic rings. The van der Waals surface area contributed by atoms with E-state index in [0.717, 1.165) is 4.48 Å². The average Bonchev–Trinajstić information content (AvgIpc) is 2.67. The number of hydrogen-bond acceptors (Lipinski definition) is 2. The first-order valence-electron chi connectivity index (χ1n) is 12.3. The molecule has 1 unspecified atom stereocenters. The van der Waals surface area contributed by atoms with Crippen LogP contribution in [-0.2, 0) is 8.85 Å². The molecule has 0 amide bonds. The molecule has 0 aliphatic rings. The van der Waals surface area contributed by atoms with Gasteiger partial charge in [0.2, 0.25) is 0 Å². The Labute approximate surface area is 203 Å². The summed E-state index contributed by atoms with van der Waals surface area (Å²) in [6.07, 6.45) is 21.3. The van der Waals surface area contributed by atoms with Crippen LogP contribution in [0.3, 0.4) is 0 Å². The summed E-state index contributed by atoms with van der Waals surface area (Å²) in [6, 6.07) is 0. The SMILES string of the molecule is CCCCCCCCCCCCCCCC[N+](C)(C)CCC(C)[SiH](OC)OC.[I-]. The summed E-state index contributed by atoms with van der Waals surface area (Å²) >= 11 is 0. The maximum absolute atomic E-state index is 5.52. The van der Waals surface area contributed by atoms with Gasteiger partial charge in [-0.2, -0.15) is 0 Å². The number of rotatable bonds is 21. The lowest BCUT2D eigenvalue weighted by atomic mass is 10.0. The van der Waals surface area contributed by atoms with Gasteiger partial charge in [-0.05, 0) is 12.8 Å². The van der Waals surface area contributed by atoms with Crippen LogP contribution >= 0.6 is 0 Å². The van der Waals surface area contributed by atoms with Crippen molar-refractivity contribution in [1.29, 1.82) is 0 Å². The minimum Gasteiger partial charge on any atom is -1.00 e. The molecule has 178 valence electrons. The molecule has 1 atom stereocenters. The third-order valence-electron chi connectivity index (χ3n) is 6.24. The maximum Gasteiger partial charge on any atom is 0.324 e. The van der Waals surface area contributed by atoms with Gasteiger partial charge in [0.05, 0.1) is 27.2 Å². The maximum atomic E-state index is 5.52. The van der Waals surface area contributed by atoms with Crippen molar-refractivity contribution in [1.82, 2.24) is 0 Å². The van der Waals surface area contributed by atoms with Crippen molar-refractivity contribution in [2.24, 2.45) is 0 Å². The quantitative estimate of drug-likeness (QED) is 0.0948. The highest BCUT2D eigenvalue weighted by atomic mass is 127. The zero-order chi connectivity index (χ0) is 21.1. The van der Waals surface area contributed by atoms with Crippen molar-refractivity contribution in [3.8, 4) is 0 Å². The molecule has 29 heavy (non-hydrogen) atoms. The highest BCUT2D eigenvalue weighted by Crippen LogP contribution is 2.18. The van der Waals surface area contributed by atoms with Crippen molar-refractivity contribution >= 4 is 9.28 Å². The highest BCUT2D eigenvalue weighted by Gasteiger charge is 2.23. The molecular weight excluding hydrogens is 489 g/mol. The predicted molar refractivity (Wildman–Crippen MR) is 127 cm³/mol. The standard InChI is InChI=1S/C24H54NO2Si.HI/c1-7-8-9-10-11-12-13-14-15-16-17-18-19-20-22-25(3,4)23-21-24(2)28(26-5)27-6;/h24,28H,7-23H2,1-6H3;1H/q+1;/p-1. The van der Waals surface area contributed by atoms with Crippen LogP contribution < -0.4 is 24.0 Å². The molecule has 3 nitrogen and oxygen atoms in total. The van der Waals surface area contributed by atoms with E-state index in [0.29, 0.717) is 5.54 Å². The second-order valence-electron chi connectivity index (χ2n) is 9.58. The number of nitrogens with zero attached hydrogens (tertiary/aromatic N) is 1. The topological polar surface area (TPSA) is 18.5 Å². The third kappa shape index (κ3) is 20.5. The molecule has 0 N–H and O–H groups in total. The van der Waals surface area contributed by atoms with Gasteiger partial charge in [-0.25, -0.2) is 0 Å². The minimum atomic E-state index is -1.45. The summed E-state index contributed by atoms with van der Waals surface area (Å²) in [5.41, 5.74) is 0.587. The van der Waals surface area contributed by atoms with Gasteiger partial charge in [0.15, 0.2) is 0 Å². The van der Waals surface area contributed by atoms with Crippen LogP contribution in [0, 0.1) is 0 Å². The second kappa shape index (κ2) is 22.0. The Kier molecular flexibility index (Phi) is 24.3. The summed E-state index contributed by atoms with van der Waals surface area (Å²) < 4.78 is 12.2. The van der Waals surface area contributed by atoms with Crippen LogP contribution in [0.5, 0.6) is 0 Å². The molecule has 0 heterocycles. The highest BCUT2D eigenvalue weighted by molar-refractivity contribution is 6.46. The Bertz CT molecular complexity index is 328. The van der Waals surface area contributed by atoms with E-state index < -0.39 is 9.28 Å². The summed E-state index contributed by atoms with van der Waals surface area (Å²) in [5.74, 6) is 0. The van der Waals surface area contributed by atoms with Gasteiger partial charge in [-0.15, -0.1) is 0 Å². The molecule has 0 aliphatic carbocycles. The molecule has 0 radical (unpaired) electrons. The van der Waals surface area contributed by atoms with Crippen LogP contribution in [-0.4, -0.2) is 55.2 Å². The van der Waals surface area contributed by atoms with E-state index in [2.05, 4.69) is 27.9 Å². The predicted octanol–water partition coefficient (Wildman–Crippen LogP) is 3.84. The molecule has 0 fully saturated rings. The zero-order valence-electron chi connectivity index (χ0n) is 20.8. The Morgan fingerprint density at radius 1 is 0.655 bits per heavy atom. The summed E-state index contributed by atoms with van der Waals surface area (Å²) in [7, 11) is 6.90. The molecule has 0 rings (SSSR count). The smallest absolute Gasteiger partial charge is 0.324 e. The number of unbranched alkanes of at least 4 members (excludes halogenated alkanes) is 13. The van der Waals surface area contributed by atoms with Gasteiger partial charge >= 0.3 is 9.28 Å². The average molecular weight is 544 g/mol. The van der Waals surface area contributed by atoms with Crippen LogP contribution in [0.1, 0.15) is 110 Å². The molecular formula is C24H54INO2Si. The van der Waals surface area contributed by atoms with Crippen molar-refractivity contribution in [3.05, 3.63) is 0 Å². The van der Waals surface area contributed by atoms with E-state index in [9.17, 15) is 0 Å². The second-order valence-corrected chi connectivity index (χ2v) is 12.4. The van der Waals surface area contributed by atoms with Crippen molar-refractivity contribution in [3.63, 3.8) is 0 Å². The van der Waals surface area contributed by atoms with Crippen molar-refractivity contribution in [2.45, 2.75) is 116 Å². The van der Waals surface area contributed by atoms with Gasteiger partial charge < -0.3 is 37.3 Å². The van der Waals surface area contributed by atoms with Gasteiger partial charge in [-0.3, -0.25) is 0 Å². The Balaban J connectivity index is 0. The first kappa shape index (κ1) is 32.0. The van der Waals surface area contributed by atoms with Crippen molar-refractivity contribution in [2.75, 3.05) is 41.4 Å². The van der Waals surface area contributed by atoms with E-state index in [4.69, 9.17) is 8.85 Å². The molecule has 0 saturated carbocycles. The molecule has 0 aliphatic heterocycles.